The summed E-state index contributed by atoms with van der Waals surface area (Å²) in [6.07, 6.45) is 1.42. The van der Waals surface area contributed by atoms with E-state index < -0.39 is 0 Å². The molecular weight excluding hydrogens is 160 g/mol. The molecule has 0 aliphatic rings. The highest BCUT2D eigenvalue weighted by molar-refractivity contribution is 5.89. The topological polar surface area (TPSA) is 69.0 Å². The van der Waals surface area contributed by atoms with E-state index in [0.29, 0.717) is 18.9 Å². The summed E-state index contributed by atoms with van der Waals surface area (Å²) < 4.78 is 1.27. The second-order valence-electron chi connectivity index (χ2n) is 2.15. The molecule has 1 heterocycles. The Kier molecular flexibility index (Phi) is 2.14. The minimum absolute atomic E-state index is 0.00500. The van der Waals surface area contributed by atoms with Crippen LogP contribution in [0.15, 0.2) is 0 Å². The van der Waals surface area contributed by atoms with Crippen molar-refractivity contribution in [3.63, 3.8) is 0 Å². The van der Waals surface area contributed by atoms with E-state index in [4.69, 9.17) is 0 Å². The molecule has 0 bridgehead atoms. The maximum Gasteiger partial charge on any atom is 0.185 e. The van der Waals surface area contributed by atoms with Crippen molar-refractivity contribution in [2.45, 2.75) is 0 Å². The van der Waals surface area contributed by atoms with Crippen LogP contribution in [0.1, 0.15) is 31.6 Å². The molecule has 0 N–H and O–H groups in total. The normalized spacial score (nSPS) is 9.42. The molecule has 0 aromatic carbocycles. The van der Waals surface area contributed by atoms with E-state index in [1.165, 1.54) is 11.6 Å². The summed E-state index contributed by atoms with van der Waals surface area (Å²) in [5.41, 5.74) is 0.113. The zero-order valence-corrected chi connectivity index (χ0v) is 6.35. The first-order valence-electron chi connectivity index (χ1n) is 3.16. The van der Waals surface area contributed by atoms with Crippen molar-refractivity contribution in [3.05, 3.63) is 17.2 Å². The van der Waals surface area contributed by atoms with E-state index in [0.717, 1.165) is 0 Å². The van der Waals surface area contributed by atoms with Gasteiger partial charge in [-0.2, -0.15) is 0 Å². The van der Waals surface area contributed by atoms with Gasteiger partial charge in [-0.1, -0.05) is 0 Å². The lowest BCUT2D eigenvalue weighted by atomic mass is 10.4. The summed E-state index contributed by atoms with van der Waals surface area (Å²) in [6, 6.07) is 0. The zero-order valence-electron chi connectivity index (χ0n) is 6.35. The van der Waals surface area contributed by atoms with Gasteiger partial charge < -0.3 is 4.57 Å². The van der Waals surface area contributed by atoms with Crippen LogP contribution >= 0.6 is 0 Å². The highest BCUT2D eigenvalue weighted by atomic mass is 16.1. The Morgan fingerprint density at radius 2 is 1.83 bits per heavy atom. The first kappa shape index (κ1) is 8.32. The number of rotatable bonds is 3. The summed E-state index contributed by atoms with van der Waals surface area (Å²) in [6.45, 7) is 0. The number of hydrogen-bond donors (Lipinski definition) is 0. The highest BCUT2D eigenvalue weighted by Gasteiger charge is 2.11. The average molecular weight is 166 g/mol. The third kappa shape index (κ3) is 1.05. The fourth-order valence-corrected chi connectivity index (χ4v) is 0.882. The standard InChI is InChI=1S/C7H6N2O3/c1-9-6(3-11)5(2-10)8-7(9)4-12/h2-4H,1H3. The smallest absolute Gasteiger partial charge is 0.185 e. The zero-order chi connectivity index (χ0) is 9.14. The Morgan fingerprint density at radius 3 is 2.17 bits per heavy atom. The number of carbonyl (C=O) groups is 3. The SMILES string of the molecule is Cn1c(C=O)nc(C=O)c1C=O. The number of imidazole rings is 1. The molecular formula is C7H6N2O3. The molecule has 0 amide bonds. The van der Waals surface area contributed by atoms with Gasteiger partial charge in [-0.15, -0.1) is 0 Å². The van der Waals surface area contributed by atoms with Crippen LogP contribution in [0.4, 0.5) is 0 Å². The molecule has 0 saturated carbocycles. The predicted octanol–water partition coefficient (Wildman–Crippen LogP) is -0.142. The summed E-state index contributed by atoms with van der Waals surface area (Å²) >= 11 is 0. The number of hydrogen-bond acceptors (Lipinski definition) is 4. The van der Waals surface area contributed by atoms with Crippen LogP contribution in [0.5, 0.6) is 0 Å². The van der Waals surface area contributed by atoms with Crippen molar-refractivity contribution in [2.24, 2.45) is 7.05 Å². The number of carbonyl (C=O) groups excluding carboxylic acids is 3. The Balaban J connectivity index is 3.41. The summed E-state index contributed by atoms with van der Waals surface area (Å²) in [5.74, 6) is 0.0687. The van der Waals surface area contributed by atoms with Gasteiger partial charge in [0, 0.05) is 7.05 Å². The summed E-state index contributed by atoms with van der Waals surface area (Å²) in [5, 5.41) is 0. The second kappa shape index (κ2) is 3.08. The molecule has 5 nitrogen and oxygen atoms in total. The van der Waals surface area contributed by atoms with Gasteiger partial charge in [0.15, 0.2) is 24.7 Å². The van der Waals surface area contributed by atoms with Gasteiger partial charge in [0.2, 0.25) is 0 Å². The van der Waals surface area contributed by atoms with Gasteiger partial charge in [-0.3, -0.25) is 14.4 Å². The lowest BCUT2D eigenvalue weighted by Crippen LogP contribution is -2.00. The minimum atomic E-state index is -0.00500. The molecule has 62 valence electrons. The van der Waals surface area contributed by atoms with Crippen molar-refractivity contribution >= 4 is 18.9 Å². The maximum absolute atomic E-state index is 10.4. The quantitative estimate of drug-likeness (QED) is 0.586. The van der Waals surface area contributed by atoms with E-state index in [1.54, 1.807) is 0 Å². The fourth-order valence-electron chi connectivity index (χ4n) is 0.882. The Bertz CT molecular complexity index is 341. The fraction of sp³-hybridized carbons (Fsp3) is 0.143. The van der Waals surface area contributed by atoms with Crippen molar-refractivity contribution in [2.75, 3.05) is 0 Å². The van der Waals surface area contributed by atoms with Crippen molar-refractivity contribution < 1.29 is 14.4 Å². The van der Waals surface area contributed by atoms with E-state index in [2.05, 4.69) is 4.98 Å². The molecule has 1 aromatic rings. The molecule has 1 rings (SSSR count). The van der Waals surface area contributed by atoms with Crippen LogP contribution in [0.2, 0.25) is 0 Å². The molecule has 0 atom stereocenters. The third-order valence-corrected chi connectivity index (χ3v) is 1.53. The van der Waals surface area contributed by atoms with Crippen LogP contribution in [-0.2, 0) is 7.05 Å². The molecule has 0 saturated heterocycles. The van der Waals surface area contributed by atoms with Crippen LogP contribution in [0, 0.1) is 0 Å². The maximum atomic E-state index is 10.4. The third-order valence-electron chi connectivity index (χ3n) is 1.53. The monoisotopic (exact) mass is 166 g/mol. The molecule has 5 heteroatoms. The van der Waals surface area contributed by atoms with Crippen molar-refractivity contribution in [1.29, 1.82) is 0 Å². The van der Waals surface area contributed by atoms with E-state index in [9.17, 15) is 14.4 Å². The second-order valence-corrected chi connectivity index (χ2v) is 2.15. The molecule has 0 aliphatic carbocycles. The van der Waals surface area contributed by atoms with E-state index in [-0.39, 0.29) is 17.2 Å². The van der Waals surface area contributed by atoms with Crippen molar-refractivity contribution in [1.82, 2.24) is 9.55 Å². The van der Waals surface area contributed by atoms with Gasteiger partial charge in [0.25, 0.3) is 0 Å². The van der Waals surface area contributed by atoms with Gasteiger partial charge in [0.05, 0.1) is 0 Å². The average Bonchev–Trinajstić information content (AvgIpc) is 2.41. The Morgan fingerprint density at radius 1 is 1.17 bits per heavy atom. The molecule has 12 heavy (non-hydrogen) atoms. The molecule has 0 radical (unpaired) electrons. The van der Waals surface area contributed by atoms with Crippen LogP contribution in [0.3, 0.4) is 0 Å². The van der Waals surface area contributed by atoms with E-state index in [1.807, 2.05) is 0 Å². The van der Waals surface area contributed by atoms with Gasteiger partial charge >= 0.3 is 0 Å². The van der Waals surface area contributed by atoms with Gasteiger partial charge in [0.1, 0.15) is 11.4 Å². The summed E-state index contributed by atoms with van der Waals surface area (Å²) in [4.78, 5) is 34.6. The first-order chi connectivity index (χ1) is 5.74. The number of aldehydes is 3. The van der Waals surface area contributed by atoms with Crippen LogP contribution < -0.4 is 0 Å². The predicted molar refractivity (Wildman–Crippen MR) is 39.4 cm³/mol. The molecule has 1 aromatic heterocycles. The largest absolute Gasteiger partial charge is 0.322 e. The summed E-state index contributed by atoms with van der Waals surface area (Å²) in [7, 11) is 1.49. The number of nitrogens with zero attached hydrogens (tertiary/aromatic N) is 2. The molecule has 0 spiro atoms. The molecule has 0 fully saturated rings. The van der Waals surface area contributed by atoms with E-state index >= 15 is 0 Å². The lowest BCUT2D eigenvalue weighted by molar-refractivity contribution is 0.108. The van der Waals surface area contributed by atoms with Crippen LogP contribution in [0.25, 0.3) is 0 Å². The molecule has 0 aliphatic heterocycles. The number of aromatic nitrogens is 2. The molecule has 0 unspecified atom stereocenters. The van der Waals surface area contributed by atoms with Crippen LogP contribution in [-0.4, -0.2) is 28.4 Å². The Hall–Kier alpha value is -1.78. The Labute approximate surface area is 68.0 Å². The highest BCUT2D eigenvalue weighted by Crippen LogP contribution is 2.03. The first-order valence-corrected chi connectivity index (χ1v) is 3.16. The minimum Gasteiger partial charge on any atom is -0.322 e. The van der Waals surface area contributed by atoms with Crippen molar-refractivity contribution in [3.8, 4) is 0 Å². The van der Waals surface area contributed by atoms with Gasteiger partial charge in [-0.05, 0) is 0 Å². The van der Waals surface area contributed by atoms with Gasteiger partial charge in [-0.25, -0.2) is 4.98 Å². The lowest BCUT2D eigenvalue weighted by Gasteiger charge is -1.92.